The van der Waals surface area contributed by atoms with E-state index in [9.17, 15) is 4.79 Å². The number of thioether (sulfide) groups is 1. The molecule has 6 nitrogen and oxygen atoms in total. The Morgan fingerprint density at radius 1 is 1.30 bits per heavy atom. The van der Waals surface area contributed by atoms with Crippen LogP contribution in [-0.4, -0.2) is 47.7 Å². The summed E-state index contributed by atoms with van der Waals surface area (Å²) in [6.07, 6.45) is 4.78. The van der Waals surface area contributed by atoms with Crippen LogP contribution in [0.3, 0.4) is 0 Å². The number of hydrogen-bond donors (Lipinski definition) is 2. The number of nitrogens with zero attached hydrogens (tertiary/aromatic N) is 2. The third kappa shape index (κ3) is 5.00. The summed E-state index contributed by atoms with van der Waals surface area (Å²) < 4.78 is 6.40. The summed E-state index contributed by atoms with van der Waals surface area (Å²) in [5.41, 5.74) is 1.47. The summed E-state index contributed by atoms with van der Waals surface area (Å²) in [5, 5.41) is 15.4. The second kappa shape index (κ2) is 8.58. The number of nitrogens with one attached hydrogen (secondary N) is 2. The number of ether oxygens (including phenoxy) is 1. The molecule has 1 aliphatic heterocycles. The Hall–Kier alpha value is -1.64. The predicted octanol–water partition coefficient (Wildman–Crippen LogP) is 3.07. The van der Waals surface area contributed by atoms with Crippen LogP contribution in [0.4, 0.5) is 5.13 Å². The molecule has 0 radical (unpaired) electrons. The highest BCUT2D eigenvalue weighted by atomic mass is 32.2. The van der Waals surface area contributed by atoms with E-state index >= 15 is 0 Å². The monoisotopic (exact) mass is 404 g/mol. The van der Waals surface area contributed by atoms with Crippen molar-refractivity contribution in [3.8, 4) is 0 Å². The minimum Gasteiger partial charge on any atom is -0.376 e. The van der Waals surface area contributed by atoms with Crippen LogP contribution in [0.2, 0.25) is 0 Å². The maximum Gasteiger partial charge on any atom is 0.230 e. The molecule has 1 saturated carbocycles. The minimum atomic E-state index is 0.0475. The molecule has 1 atom stereocenters. The molecule has 2 fully saturated rings. The number of carbonyl (C=O) groups excluding carboxylic acids is 1. The Bertz CT molecular complexity index is 758. The van der Waals surface area contributed by atoms with Crippen molar-refractivity contribution in [2.45, 2.75) is 41.5 Å². The summed E-state index contributed by atoms with van der Waals surface area (Å²) in [4.78, 5) is 12.2. The molecule has 0 bridgehead atoms. The van der Waals surface area contributed by atoms with Gasteiger partial charge >= 0.3 is 0 Å². The average Bonchev–Trinajstić information content (AvgIpc) is 3.09. The normalized spacial score (nSPS) is 20.4. The number of anilines is 1. The fraction of sp³-hybridized carbons (Fsp3) is 0.526. The lowest BCUT2D eigenvalue weighted by atomic mass is 9.96. The van der Waals surface area contributed by atoms with Gasteiger partial charge in [-0.15, -0.1) is 10.2 Å². The van der Waals surface area contributed by atoms with Gasteiger partial charge in [-0.25, -0.2) is 0 Å². The van der Waals surface area contributed by atoms with E-state index in [0.29, 0.717) is 12.3 Å². The Labute approximate surface area is 167 Å². The lowest BCUT2D eigenvalue weighted by Crippen LogP contribution is -2.33. The van der Waals surface area contributed by atoms with Gasteiger partial charge in [0.2, 0.25) is 11.0 Å². The van der Waals surface area contributed by atoms with Gasteiger partial charge in [-0.05, 0) is 31.2 Å². The van der Waals surface area contributed by atoms with Gasteiger partial charge in [0, 0.05) is 25.1 Å². The van der Waals surface area contributed by atoms with Gasteiger partial charge in [-0.2, -0.15) is 0 Å². The van der Waals surface area contributed by atoms with E-state index < -0.39 is 0 Å². The van der Waals surface area contributed by atoms with Gasteiger partial charge in [-0.3, -0.25) is 4.79 Å². The second-order valence-corrected chi connectivity index (χ2v) is 9.30. The van der Waals surface area contributed by atoms with E-state index in [4.69, 9.17) is 4.74 Å². The van der Waals surface area contributed by atoms with Crippen LogP contribution in [0.25, 0.3) is 0 Å². The summed E-state index contributed by atoms with van der Waals surface area (Å²) >= 11 is 2.92. The smallest absolute Gasteiger partial charge is 0.230 e. The van der Waals surface area contributed by atoms with Gasteiger partial charge in [0.1, 0.15) is 0 Å². The third-order valence-electron chi connectivity index (χ3n) is 5.10. The summed E-state index contributed by atoms with van der Waals surface area (Å²) in [6, 6.07) is 10.5. The first-order chi connectivity index (χ1) is 13.2. The van der Waals surface area contributed by atoms with Gasteiger partial charge in [-0.1, -0.05) is 53.4 Å². The molecule has 2 heterocycles. The van der Waals surface area contributed by atoms with Crippen LogP contribution in [-0.2, 0) is 14.9 Å². The molecule has 0 spiro atoms. The first-order valence-electron chi connectivity index (χ1n) is 9.38. The molecule has 144 valence electrons. The second-order valence-electron chi connectivity index (χ2n) is 7.10. The third-order valence-corrected chi connectivity index (χ3v) is 7.12. The highest BCUT2D eigenvalue weighted by Gasteiger charge is 2.44. The predicted molar refractivity (Wildman–Crippen MR) is 108 cm³/mol. The molecule has 2 aliphatic rings. The number of benzene rings is 1. The number of aromatic nitrogens is 2. The van der Waals surface area contributed by atoms with Crippen molar-refractivity contribution in [2.24, 2.45) is 0 Å². The first kappa shape index (κ1) is 18.7. The molecular formula is C19H24N4O2S2. The number of carbonyl (C=O) groups is 1. The molecule has 1 saturated heterocycles. The molecule has 27 heavy (non-hydrogen) atoms. The van der Waals surface area contributed by atoms with Crippen molar-refractivity contribution in [1.29, 1.82) is 0 Å². The molecule has 2 aromatic rings. The van der Waals surface area contributed by atoms with Crippen molar-refractivity contribution < 1.29 is 9.53 Å². The van der Waals surface area contributed by atoms with Gasteiger partial charge in [0.25, 0.3) is 0 Å². The molecule has 4 rings (SSSR count). The fourth-order valence-electron chi connectivity index (χ4n) is 3.30. The lowest BCUT2D eigenvalue weighted by Gasteiger charge is -2.16. The Morgan fingerprint density at radius 3 is 2.89 bits per heavy atom. The van der Waals surface area contributed by atoms with E-state index in [1.165, 1.54) is 28.7 Å². The SMILES string of the molecule is O=C(CSc1nnc(NCC2CCCO2)s1)NCC1(c2ccccc2)CC1. The van der Waals surface area contributed by atoms with Crippen molar-refractivity contribution in [1.82, 2.24) is 15.5 Å². The Balaban J connectivity index is 1.18. The zero-order valence-corrected chi connectivity index (χ0v) is 16.8. The molecule has 1 amide bonds. The van der Waals surface area contributed by atoms with Crippen molar-refractivity contribution in [3.05, 3.63) is 35.9 Å². The zero-order chi connectivity index (χ0) is 18.5. The summed E-state index contributed by atoms with van der Waals surface area (Å²) in [6.45, 7) is 2.33. The van der Waals surface area contributed by atoms with E-state index in [1.54, 1.807) is 0 Å². The minimum absolute atomic E-state index is 0.0475. The van der Waals surface area contributed by atoms with Crippen LogP contribution in [0.1, 0.15) is 31.2 Å². The number of rotatable bonds is 9. The average molecular weight is 405 g/mol. The standard InChI is InChI=1S/C19H24N4O2S2/c24-16(21-13-19(8-9-19)14-5-2-1-3-6-14)12-26-18-23-22-17(27-18)20-11-15-7-4-10-25-15/h1-3,5-6,15H,4,7-13H2,(H,20,22)(H,21,24). The highest BCUT2D eigenvalue weighted by Crippen LogP contribution is 2.47. The summed E-state index contributed by atoms with van der Waals surface area (Å²) in [5.74, 6) is 0.414. The molecule has 1 aliphatic carbocycles. The topological polar surface area (TPSA) is 76.1 Å². The van der Waals surface area contributed by atoms with Crippen LogP contribution >= 0.6 is 23.1 Å². The molecule has 8 heteroatoms. The van der Waals surface area contributed by atoms with E-state index in [-0.39, 0.29) is 17.4 Å². The summed E-state index contributed by atoms with van der Waals surface area (Å²) in [7, 11) is 0. The van der Waals surface area contributed by atoms with Gasteiger partial charge < -0.3 is 15.4 Å². The lowest BCUT2D eigenvalue weighted by molar-refractivity contribution is -0.118. The van der Waals surface area contributed by atoms with E-state index in [2.05, 4.69) is 45.1 Å². The molecule has 2 N–H and O–H groups in total. The molecule has 1 unspecified atom stereocenters. The number of amides is 1. The van der Waals surface area contributed by atoms with E-state index in [0.717, 1.165) is 48.3 Å². The zero-order valence-electron chi connectivity index (χ0n) is 15.1. The van der Waals surface area contributed by atoms with Crippen molar-refractivity contribution in [3.63, 3.8) is 0 Å². The highest BCUT2D eigenvalue weighted by molar-refractivity contribution is 8.01. The Kier molecular flexibility index (Phi) is 5.95. The fourth-order valence-corrected chi connectivity index (χ4v) is 4.89. The molecule has 1 aromatic heterocycles. The van der Waals surface area contributed by atoms with Crippen molar-refractivity contribution >= 4 is 34.1 Å². The van der Waals surface area contributed by atoms with E-state index in [1.807, 2.05) is 6.07 Å². The van der Waals surface area contributed by atoms with Crippen LogP contribution in [0.5, 0.6) is 0 Å². The maximum absolute atomic E-state index is 12.2. The largest absolute Gasteiger partial charge is 0.376 e. The quantitative estimate of drug-likeness (QED) is 0.626. The van der Waals surface area contributed by atoms with Crippen LogP contribution in [0, 0.1) is 0 Å². The van der Waals surface area contributed by atoms with Crippen molar-refractivity contribution in [2.75, 3.05) is 30.8 Å². The molecule has 1 aromatic carbocycles. The Morgan fingerprint density at radius 2 is 2.15 bits per heavy atom. The van der Waals surface area contributed by atoms with Gasteiger partial charge in [0.15, 0.2) is 4.34 Å². The molecular weight excluding hydrogens is 380 g/mol. The van der Waals surface area contributed by atoms with Gasteiger partial charge in [0.05, 0.1) is 11.9 Å². The number of hydrogen-bond acceptors (Lipinski definition) is 7. The van der Waals surface area contributed by atoms with Crippen LogP contribution in [0.15, 0.2) is 34.7 Å². The maximum atomic E-state index is 12.2. The van der Waals surface area contributed by atoms with Crippen LogP contribution < -0.4 is 10.6 Å². The first-order valence-corrected chi connectivity index (χ1v) is 11.2.